The van der Waals surface area contributed by atoms with Crippen LogP contribution in [0.3, 0.4) is 0 Å². The number of carbonyl (C=O) groups excluding carboxylic acids is 1. The molecule has 2 N–H and O–H groups in total. The number of nitro benzene ring substituents is 1. The monoisotopic (exact) mass is 428 g/mol. The van der Waals surface area contributed by atoms with Gasteiger partial charge in [0.1, 0.15) is 11.6 Å². The second kappa shape index (κ2) is 10.1. The number of rotatable bonds is 6. The van der Waals surface area contributed by atoms with E-state index in [2.05, 4.69) is 10.6 Å². The SMILES string of the molecule is CSc1ccc([N+](=O)[O-])c(C(=O)NCC(N2CCNCC2)C(F)(F)F)c1.Cl. The molecule has 1 atom stereocenters. The van der Waals surface area contributed by atoms with Gasteiger partial charge in [-0.3, -0.25) is 19.8 Å². The van der Waals surface area contributed by atoms with Crippen LogP contribution in [0.15, 0.2) is 23.1 Å². The van der Waals surface area contributed by atoms with Crippen LogP contribution in [0.4, 0.5) is 18.9 Å². The van der Waals surface area contributed by atoms with E-state index in [9.17, 15) is 28.1 Å². The maximum absolute atomic E-state index is 13.4. The van der Waals surface area contributed by atoms with Crippen LogP contribution in [-0.4, -0.2) is 66.9 Å². The van der Waals surface area contributed by atoms with Gasteiger partial charge in [-0.2, -0.15) is 13.2 Å². The maximum Gasteiger partial charge on any atom is 0.405 e. The average molecular weight is 429 g/mol. The lowest BCUT2D eigenvalue weighted by atomic mass is 10.1. The molecule has 27 heavy (non-hydrogen) atoms. The molecule has 1 amide bonds. The van der Waals surface area contributed by atoms with Crippen molar-refractivity contribution >= 4 is 35.8 Å². The summed E-state index contributed by atoms with van der Waals surface area (Å²) in [5, 5.41) is 16.3. The highest BCUT2D eigenvalue weighted by atomic mass is 35.5. The number of hydrogen-bond acceptors (Lipinski definition) is 6. The molecule has 1 saturated heterocycles. The molecule has 0 radical (unpaired) electrons. The molecule has 0 aromatic heterocycles. The molecule has 0 spiro atoms. The van der Waals surface area contributed by atoms with Gasteiger partial charge in [-0.05, 0) is 18.4 Å². The standard InChI is InChI=1S/C15H19F3N4O3S.ClH/c1-26-10-2-3-12(22(24)25)11(8-10)14(23)20-9-13(15(16,17)18)21-6-4-19-5-7-21;/h2-3,8,13,19H,4-7,9H2,1H3,(H,20,23);1H. The van der Waals surface area contributed by atoms with E-state index >= 15 is 0 Å². The number of nitrogens with one attached hydrogen (secondary N) is 2. The van der Waals surface area contributed by atoms with E-state index in [1.54, 1.807) is 6.26 Å². The normalized spacial score (nSPS) is 16.3. The second-order valence-electron chi connectivity index (χ2n) is 5.69. The van der Waals surface area contributed by atoms with Gasteiger partial charge >= 0.3 is 6.18 Å². The van der Waals surface area contributed by atoms with Crippen molar-refractivity contribution in [2.24, 2.45) is 0 Å². The molecule has 12 heteroatoms. The zero-order chi connectivity index (χ0) is 19.3. The molecule has 152 valence electrons. The first-order chi connectivity index (χ1) is 12.2. The summed E-state index contributed by atoms with van der Waals surface area (Å²) in [5.41, 5.74) is -0.686. The number of hydrogen-bond donors (Lipinski definition) is 2. The summed E-state index contributed by atoms with van der Waals surface area (Å²) in [6.07, 6.45) is -2.79. The second-order valence-corrected chi connectivity index (χ2v) is 6.57. The third-order valence-electron chi connectivity index (χ3n) is 4.07. The third-order valence-corrected chi connectivity index (χ3v) is 4.80. The molecule has 1 aromatic rings. The van der Waals surface area contributed by atoms with Crippen LogP contribution < -0.4 is 10.6 Å². The van der Waals surface area contributed by atoms with Gasteiger partial charge < -0.3 is 10.6 Å². The lowest BCUT2D eigenvalue weighted by molar-refractivity contribution is -0.385. The molecule has 1 fully saturated rings. The number of nitrogens with zero attached hydrogens (tertiary/aromatic N) is 2. The molecular weight excluding hydrogens is 409 g/mol. The first kappa shape index (κ1) is 23.5. The number of carbonyl (C=O) groups is 1. The number of nitro groups is 1. The van der Waals surface area contributed by atoms with Crippen LogP contribution in [-0.2, 0) is 0 Å². The Balaban J connectivity index is 0.00000364. The van der Waals surface area contributed by atoms with Crippen molar-refractivity contribution in [1.82, 2.24) is 15.5 Å². The van der Waals surface area contributed by atoms with Crippen molar-refractivity contribution in [2.45, 2.75) is 17.1 Å². The van der Waals surface area contributed by atoms with Gasteiger partial charge in [-0.25, -0.2) is 0 Å². The van der Waals surface area contributed by atoms with E-state index in [4.69, 9.17) is 0 Å². The number of halogens is 4. The van der Waals surface area contributed by atoms with Crippen LogP contribution in [0.1, 0.15) is 10.4 Å². The Morgan fingerprint density at radius 1 is 1.41 bits per heavy atom. The van der Waals surface area contributed by atoms with Crippen molar-refractivity contribution in [2.75, 3.05) is 39.0 Å². The Hall–Kier alpha value is -1.56. The zero-order valence-electron chi connectivity index (χ0n) is 14.4. The van der Waals surface area contributed by atoms with E-state index in [0.29, 0.717) is 18.0 Å². The van der Waals surface area contributed by atoms with Crippen LogP contribution in [0.25, 0.3) is 0 Å². The fourth-order valence-corrected chi connectivity index (χ4v) is 3.15. The van der Waals surface area contributed by atoms with Gasteiger partial charge in [0.25, 0.3) is 11.6 Å². The topological polar surface area (TPSA) is 87.5 Å². The van der Waals surface area contributed by atoms with Crippen LogP contribution in [0.5, 0.6) is 0 Å². The van der Waals surface area contributed by atoms with Gasteiger partial charge in [0.05, 0.1) is 4.92 Å². The highest BCUT2D eigenvalue weighted by Crippen LogP contribution is 2.27. The molecule has 1 unspecified atom stereocenters. The lowest BCUT2D eigenvalue weighted by Gasteiger charge is -2.35. The number of amides is 1. The quantitative estimate of drug-likeness (QED) is 0.411. The zero-order valence-corrected chi connectivity index (χ0v) is 16.0. The predicted octanol–water partition coefficient (Wildman–Crippen LogP) is 2.30. The molecule has 1 heterocycles. The van der Waals surface area contributed by atoms with E-state index in [1.807, 2.05) is 0 Å². The molecule has 0 bridgehead atoms. The summed E-state index contributed by atoms with van der Waals surface area (Å²) in [6.45, 7) is 0.622. The minimum Gasteiger partial charge on any atom is -0.350 e. The van der Waals surface area contributed by atoms with Gasteiger partial charge in [0.2, 0.25) is 0 Å². The summed E-state index contributed by atoms with van der Waals surface area (Å²) >= 11 is 1.27. The Kier molecular flexibility index (Phi) is 8.79. The summed E-state index contributed by atoms with van der Waals surface area (Å²) in [7, 11) is 0. The Morgan fingerprint density at radius 3 is 2.56 bits per heavy atom. The largest absolute Gasteiger partial charge is 0.405 e. The van der Waals surface area contributed by atoms with E-state index in [1.165, 1.54) is 34.9 Å². The Labute approximate surface area is 164 Å². The van der Waals surface area contributed by atoms with Crippen LogP contribution in [0.2, 0.25) is 0 Å². The molecule has 0 aliphatic carbocycles. The average Bonchev–Trinajstić information content (AvgIpc) is 2.60. The van der Waals surface area contributed by atoms with Crippen molar-refractivity contribution in [3.8, 4) is 0 Å². The highest BCUT2D eigenvalue weighted by Gasteiger charge is 2.44. The predicted molar refractivity (Wildman–Crippen MR) is 98.7 cm³/mol. The number of thioether (sulfide) groups is 1. The van der Waals surface area contributed by atoms with E-state index in [0.717, 1.165) is 0 Å². The fraction of sp³-hybridized carbons (Fsp3) is 0.533. The molecular formula is C15H20ClF3N4O3S. The lowest BCUT2D eigenvalue weighted by Crippen LogP contribution is -2.57. The van der Waals surface area contributed by atoms with Crippen LogP contribution in [0, 0.1) is 10.1 Å². The van der Waals surface area contributed by atoms with Crippen molar-refractivity contribution in [3.05, 3.63) is 33.9 Å². The van der Waals surface area contributed by atoms with Gasteiger partial charge in [0, 0.05) is 43.7 Å². The first-order valence-corrected chi connectivity index (χ1v) is 9.08. The Bertz CT molecular complexity index is 672. The number of piperazine rings is 1. The van der Waals surface area contributed by atoms with Gasteiger partial charge in [0.15, 0.2) is 0 Å². The summed E-state index contributed by atoms with van der Waals surface area (Å²) < 4.78 is 40.1. The third kappa shape index (κ3) is 6.23. The molecule has 1 aromatic carbocycles. The Morgan fingerprint density at radius 2 is 2.04 bits per heavy atom. The molecule has 1 aliphatic heterocycles. The van der Waals surface area contributed by atoms with E-state index < -0.39 is 35.3 Å². The number of alkyl halides is 3. The molecule has 1 aliphatic rings. The van der Waals surface area contributed by atoms with Gasteiger partial charge in [-0.1, -0.05) is 0 Å². The van der Waals surface area contributed by atoms with E-state index in [-0.39, 0.29) is 31.1 Å². The minimum absolute atomic E-state index is 0. The molecule has 0 saturated carbocycles. The highest BCUT2D eigenvalue weighted by molar-refractivity contribution is 7.98. The summed E-state index contributed by atoms with van der Waals surface area (Å²) in [5.74, 6) is -0.892. The number of benzene rings is 1. The smallest absolute Gasteiger partial charge is 0.350 e. The van der Waals surface area contributed by atoms with Crippen molar-refractivity contribution < 1.29 is 22.9 Å². The van der Waals surface area contributed by atoms with Crippen LogP contribution >= 0.6 is 24.2 Å². The maximum atomic E-state index is 13.4. The summed E-state index contributed by atoms with van der Waals surface area (Å²) in [4.78, 5) is 24.6. The first-order valence-electron chi connectivity index (χ1n) is 7.86. The molecule has 7 nitrogen and oxygen atoms in total. The van der Waals surface area contributed by atoms with Crippen molar-refractivity contribution in [1.29, 1.82) is 0 Å². The minimum atomic E-state index is -4.52. The van der Waals surface area contributed by atoms with Crippen molar-refractivity contribution in [3.63, 3.8) is 0 Å². The summed E-state index contributed by atoms with van der Waals surface area (Å²) in [6, 6.07) is 2.14. The fourth-order valence-electron chi connectivity index (χ4n) is 2.71. The molecule has 2 rings (SSSR count). The van der Waals surface area contributed by atoms with Gasteiger partial charge in [-0.15, -0.1) is 24.2 Å².